The molecule has 0 aliphatic heterocycles. The molecule has 0 saturated carbocycles. The largest absolute Gasteiger partial charge is 0.330 e. The van der Waals surface area contributed by atoms with Crippen LogP contribution in [-0.2, 0) is 0 Å². The molecule has 0 fully saturated rings. The van der Waals surface area contributed by atoms with Crippen LogP contribution < -0.4 is 11.1 Å². The average Bonchev–Trinajstić information content (AvgIpc) is 2.24. The summed E-state index contributed by atoms with van der Waals surface area (Å²) in [7, 11) is 0. The quantitative estimate of drug-likeness (QED) is 0.519. The maximum absolute atomic E-state index is 5.44. The summed E-state index contributed by atoms with van der Waals surface area (Å²) >= 11 is 0. The first kappa shape index (κ1) is 14.9. The molecule has 0 saturated heterocycles. The predicted octanol–water partition coefficient (Wildman–Crippen LogP) is 3.06. The second kappa shape index (κ2) is 12.0. The van der Waals surface area contributed by atoms with Gasteiger partial charge in [0.25, 0.3) is 0 Å². The van der Waals surface area contributed by atoms with Gasteiger partial charge in [0.15, 0.2) is 0 Å². The fourth-order valence-corrected chi connectivity index (χ4v) is 1.77. The van der Waals surface area contributed by atoms with E-state index in [0.29, 0.717) is 6.04 Å². The van der Waals surface area contributed by atoms with Gasteiger partial charge >= 0.3 is 0 Å². The lowest BCUT2D eigenvalue weighted by atomic mass is 10.1. The summed E-state index contributed by atoms with van der Waals surface area (Å²) in [4.78, 5) is 0. The first-order chi connectivity index (χ1) is 7.31. The Morgan fingerprint density at radius 1 is 1.00 bits per heavy atom. The van der Waals surface area contributed by atoms with Crippen molar-refractivity contribution >= 4 is 0 Å². The van der Waals surface area contributed by atoms with E-state index in [1.54, 1.807) is 0 Å². The van der Waals surface area contributed by atoms with E-state index in [1.807, 2.05) is 0 Å². The molecule has 2 heteroatoms. The van der Waals surface area contributed by atoms with Crippen LogP contribution in [0.2, 0.25) is 0 Å². The molecule has 1 atom stereocenters. The first-order valence-electron chi connectivity index (χ1n) is 6.74. The molecule has 15 heavy (non-hydrogen) atoms. The molecule has 2 nitrogen and oxygen atoms in total. The second-order valence-electron chi connectivity index (χ2n) is 4.55. The van der Waals surface area contributed by atoms with Crippen LogP contribution in [0.5, 0.6) is 0 Å². The summed E-state index contributed by atoms with van der Waals surface area (Å²) in [5.41, 5.74) is 5.44. The second-order valence-corrected chi connectivity index (χ2v) is 4.55. The van der Waals surface area contributed by atoms with Crippen molar-refractivity contribution in [3.05, 3.63) is 0 Å². The van der Waals surface area contributed by atoms with E-state index >= 15 is 0 Å². The van der Waals surface area contributed by atoms with Gasteiger partial charge in [-0.1, -0.05) is 39.0 Å². The SMILES string of the molecule is CCCCCCCC(C)NCCCCN. The molecular weight excluding hydrogens is 184 g/mol. The number of nitrogens with one attached hydrogen (secondary N) is 1. The van der Waals surface area contributed by atoms with E-state index in [2.05, 4.69) is 19.2 Å². The van der Waals surface area contributed by atoms with Gasteiger partial charge in [-0.2, -0.15) is 0 Å². The molecule has 0 spiro atoms. The van der Waals surface area contributed by atoms with Crippen LogP contribution in [-0.4, -0.2) is 19.1 Å². The summed E-state index contributed by atoms with van der Waals surface area (Å²) in [5.74, 6) is 0. The first-order valence-corrected chi connectivity index (χ1v) is 6.74. The van der Waals surface area contributed by atoms with Crippen molar-refractivity contribution in [2.75, 3.05) is 13.1 Å². The molecule has 92 valence electrons. The fourth-order valence-electron chi connectivity index (χ4n) is 1.77. The lowest BCUT2D eigenvalue weighted by Crippen LogP contribution is -2.27. The average molecular weight is 214 g/mol. The van der Waals surface area contributed by atoms with Gasteiger partial charge in [-0.3, -0.25) is 0 Å². The maximum atomic E-state index is 5.44. The predicted molar refractivity (Wildman–Crippen MR) is 69.1 cm³/mol. The number of unbranched alkanes of at least 4 members (excludes halogenated alkanes) is 5. The van der Waals surface area contributed by atoms with Crippen LogP contribution in [0.3, 0.4) is 0 Å². The monoisotopic (exact) mass is 214 g/mol. The van der Waals surface area contributed by atoms with E-state index in [4.69, 9.17) is 5.73 Å². The molecule has 0 aliphatic rings. The standard InChI is InChI=1S/C13H30N2/c1-3-4-5-6-7-10-13(2)15-12-9-8-11-14/h13,15H,3-12,14H2,1-2H3. The van der Waals surface area contributed by atoms with Crippen molar-refractivity contribution in [1.29, 1.82) is 0 Å². The van der Waals surface area contributed by atoms with Crippen LogP contribution in [0.15, 0.2) is 0 Å². The number of nitrogens with two attached hydrogens (primary N) is 1. The Bertz CT molecular complexity index is 115. The van der Waals surface area contributed by atoms with E-state index in [-0.39, 0.29) is 0 Å². The minimum Gasteiger partial charge on any atom is -0.330 e. The Morgan fingerprint density at radius 2 is 1.73 bits per heavy atom. The molecule has 0 heterocycles. The Kier molecular flexibility index (Phi) is 11.9. The minimum atomic E-state index is 0.685. The number of hydrogen-bond donors (Lipinski definition) is 2. The summed E-state index contributed by atoms with van der Waals surface area (Å²) < 4.78 is 0. The van der Waals surface area contributed by atoms with Gasteiger partial charge in [-0.05, 0) is 39.3 Å². The Labute approximate surface area is 96.0 Å². The zero-order valence-corrected chi connectivity index (χ0v) is 10.7. The molecule has 0 radical (unpaired) electrons. The van der Waals surface area contributed by atoms with E-state index in [0.717, 1.165) is 19.5 Å². The molecule has 3 N–H and O–H groups in total. The Balaban J connectivity index is 3.08. The third kappa shape index (κ3) is 11.8. The van der Waals surface area contributed by atoms with Crippen LogP contribution >= 0.6 is 0 Å². The molecule has 0 aromatic rings. The lowest BCUT2D eigenvalue weighted by molar-refractivity contribution is 0.473. The molecule has 0 aromatic heterocycles. The maximum Gasteiger partial charge on any atom is 0.00387 e. The van der Waals surface area contributed by atoms with Crippen molar-refractivity contribution in [2.45, 2.75) is 71.3 Å². The fraction of sp³-hybridized carbons (Fsp3) is 1.00. The lowest BCUT2D eigenvalue weighted by Gasteiger charge is -2.13. The Morgan fingerprint density at radius 3 is 2.40 bits per heavy atom. The number of rotatable bonds is 11. The van der Waals surface area contributed by atoms with E-state index in [9.17, 15) is 0 Å². The van der Waals surface area contributed by atoms with Crippen molar-refractivity contribution in [3.63, 3.8) is 0 Å². The molecule has 1 unspecified atom stereocenters. The van der Waals surface area contributed by atoms with Gasteiger partial charge in [-0.15, -0.1) is 0 Å². The van der Waals surface area contributed by atoms with Crippen molar-refractivity contribution in [3.8, 4) is 0 Å². The smallest absolute Gasteiger partial charge is 0.00387 e. The highest BCUT2D eigenvalue weighted by Gasteiger charge is 1.99. The normalized spacial score (nSPS) is 13.0. The van der Waals surface area contributed by atoms with Crippen LogP contribution in [0.1, 0.15) is 65.2 Å². The molecule has 0 bridgehead atoms. The van der Waals surface area contributed by atoms with Gasteiger partial charge < -0.3 is 11.1 Å². The zero-order valence-electron chi connectivity index (χ0n) is 10.7. The van der Waals surface area contributed by atoms with Crippen LogP contribution in [0.25, 0.3) is 0 Å². The number of hydrogen-bond acceptors (Lipinski definition) is 2. The minimum absolute atomic E-state index is 0.685. The summed E-state index contributed by atoms with van der Waals surface area (Å²) in [6, 6.07) is 0.685. The molecular formula is C13H30N2. The van der Waals surface area contributed by atoms with Gasteiger partial charge in [0.05, 0.1) is 0 Å². The molecule has 0 aliphatic carbocycles. The van der Waals surface area contributed by atoms with Crippen molar-refractivity contribution in [1.82, 2.24) is 5.32 Å². The van der Waals surface area contributed by atoms with Gasteiger partial charge in [0, 0.05) is 6.04 Å². The van der Waals surface area contributed by atoms with E-state index in [1.165, 1.54) is 44.9 Å². The Hall–Kier alpha value is -0.0800. The zero-order chi connectivity index (χ0) is 11.4. The van der Waals surface area contributed by atoms with Crippen LogP contribution in [0, 0.1) is 0 Å². The topological polar surface area (TPSA) is 38.0 Å². The highest BCUT2D eigenvalue weighted by molar-refractivity contribution is 4.60. The summed E-state index contributed by atoms with van der Waals surface area (Å²) in [5, 5.41) is 3.55. The third-order valence-corrected chi connectivity index (χ3v) is 2.86. The van der Waals surface area contributed by atoms with E-state index < -0.39 is 0 Å². The van der Waals surface area contributed by atoms with Gasteiger partial charge in [-0.25, -0.2) is 0 Å². The molecule has 0 aromatic carbocycles. The molecule has 0 rings (SSSR count). The summed E-state index contributed by atoms with van der Waals surface area (Å²) in [6.45, 7) is 6.52. The van der Waals surface area contributed by atoms with Crippen LogP contribution in [0.4, 0.5) is 0 Å². The highest BCUT2D eigenvalue weighted by Crippen LogP contribution is 2.06. The molecule has 0 amide bonds. The highest BCUT2D eigenvalue weighted by atomic mass is 14.9. The van der Waals surface area contributed by atoms with Crippen molar-refractivity contribution < 1.29 is 0 Å². The van der Waals surface area contributed by atoms with Crippen molar-refractivity contribution in [2.24, 2.45) is 5.73 Å². The third-order valence-electron chi connectivity index (χ3n) is 2.86. The van der Waals surface area contributed by atoms with Gasteiger partial charge in [0.2, 0.25) is 0 Å². The summed E-state index contributed by atoms with van der Waals surface area (Å²) in [6.07, 6.45) is 10.6. The van der Waals surface area contributed by atoms with Gasteiger partial charge in [0.1, 0.15) is 0 Å².